The lowest BCUT2D eigenvalue weighted by Crippen LogP contribution is -2.44. The largest absolute Gasteiger partial charge is 0.478 e. The second kappa shape index (κ2) is 5.06. The molecule has 0 saturated heterocycles. The maximum absolute atomic E-state index is 11.4. The van der Waals surface area contributed by atoms with Crippen molar-refractivity contribution in [3.63, 3.8) is 0 Å². The van der Waals surface area contributed by atoms with E-state index >= 15 is 0 Å². The monoisotopic (exact) mass is 292 g/mol. The Morgan fingerprint density at radius 2 is 1.81 bits per heavy atom. The van der Waals surface area contributed by atoms with Crippen LogP contribution in [0.4, 0.5) is 0 Å². The summed E-state index contributed by atoms with van der Waals surface area (Å²) in [6.45, 7) is 8.52. The molecule has 114 valence electrons. The molecular weight excluding hydrogens is 272 g/mol. The van der Waals surface area contributed by atoms with Crippen molar-refractivity contribution in [1.29, 1.82) is 0 Å². The van der Waals surface area contributed by atoms with E-state index in [1.165, 1.54) is 6.92 Å². The van der Waals surface area contributed by atoms with E-state index in [0.717, 1.165) is 22.3 Å². The number of carboxylic acid groups (broad SMARTS) is 1. The fraction of sp³-hybridized carbons (Fsp3) is 0.500. The highest BCUT2D eigenvalue weighted by Gasteiger charge is 2.41. The minimum atomic E-state index is -1.21. The lowest BCUT2D eigenvalue weighted by atomic mass is 9.87. The number of carbonyl (C=O) groups excluding carboxylic acids is 1. The smallest absolute Gasteiger partial charge is 0.347 e. The summed E-state index contributed by atoms with van der Waals surface area (Å²) in [5.74, 6) is -0.169. The molecule has 0 saturated carbocycles. The number of carbonyl (C=O) groups is 2. The molecule has 0 aromatic heterocycles. The molecule has 0 unspecified atom stereocenters. The van der Waals surface area contributed by atoms with Gasteiger partial charge >= 0.3 is 11.9 Å². The summed E-state index contributed by atoms with van der Waals surface area (Å²) in [7, 11) is 0. The van der Waals surface area contributed by atoms with Crippen molar-refractivity contribution in [2.75, 3.05) is 0 Å². The highest BCUT2D eigenvalue weighted by Crippen LogP contribution is 2.43. The van der Waals surface area contributed by atoms with Crippen LogP contribution in [0.5, 0.6) is 11.5 Å². The standard InChI is InChI=1S/C16H20O5/c1-8-9(2)14-12(10(3)13(8)20-11(4)17)6-7-16(5,21-14)15(18)19/h6-7H2,1-5H3,(H,18,19)/t16-/m1/s1. The van der Waals surface area contributed by atoms with Crippen molar-refractivity contribution in [3.05, 3.63) is 22.3 Å². The molecule has 1 atom stereocenters. The average Bonchev–Trinajstić information content (AvgIpc) is 2.40. The van der Waals surface area contributed by atoms with Crippen LogP contribution in [-0.4, -0.2) is 22.6 Å². The van der Waals surface area contributed by atoms with Crippen LogP contribution in [0.15, 0.2) is 0 Å². The van der Waals surface area contributed by atoms with Crippen molar-refractivity contribution in [2.45, 2.75) is 53.1 Å². The first-order chi connectivity index (χ1) is 9.67. The molecule has 0 radical (unpaired) electrons. The third-order valence-electron chi connectivity index (χ3n) is 4.19. The van der Waals surface area contributed by atoms with Crippen LogP contribution in [0, 0.1) is 20.8 Å². The van der Waals surface area contributed by atoms with Crippen LogP contribution in [0.25, 0.3) is 0 Å². The quantitative estimate of drug-likeness (QED) is 0.670. The zero-order chi connectivity index (χ0) is 15.9. The molecule has 5 heteroatoms. The normalized spacial score (nSPS) is 20.4. The van der Waals surface area contributed by atoms with Crippen LogP contribution in [0.3, 0.4) is 0 Å². The fourth-order valence-electron chi connectivity index (χ4n) is 2.68. The van der Waals surface area contributed by atoms with E-state index in [1.807, 2.05) is 20.8 Å². The van der Waals surface area contributed by atoms with E-state index in [2.05, 4.69) is 0 Å². The first-order valence-electron chi connectivity index (χ1n) is 6.91. The number of esters is 1. The summed E-state index contributed by atoms with van der Waals surface area (Å²) in [4.78, 5) is 22.6. The Hall–Kier alpha value is -2.04. The molecular formula is C16H20O5. The molecule has 0 fully saturated rings. The lowest BCUT2D eigenvalue weighted by molar-refractivity contribution is -0.155. The highest BCUT2D eigenvalue weighted by atomic mass is 16.5. The Balaban J connectivity index is 2.59. The van der Waals surface area contributed by atoms with Gasteiger partial charge in [0, 0.05) is 18.9 Å². The van der Waals surface area contributed by atoms with Gasteiger partial charge < -0.3 is 14.6 Å². The van der Waals surface area contributed by atoms with E-state index < -0.39 is 11.6 Å². The summed E-state index contributed by atoms with van der Waals surface area (Å²) in [5.41, 5.74) is 2.18. The predicted octanol–water partition coefficient (Wildman–Crippen LogP) is 2.71. The zero-order valence-electron chi connectivity index (χ0n) is 13.0. The van der Waals surface area contributed by atoms with Gasteiger partial charge in [-0.1, -0.05) is 0 Å². The van der Waals surface area contributed by atoms with Gasteiger partial charge in [-0.05, 0) is 50.8 Å². The summed E-state index contributed by atoms with van der Waals surface area (Å²) >= 11 is 0. The Bertz CT molecular complexity index is 632. The van der Waals surface area contributed by atoms with Crippen molar-refractivity contribution in [1.82, 2.24) is 0 Å². The van der Waals surface area contributed by atoms with Gasteiger partial charge in [-0.3, -0.25) is 4.79 Å². The number of hydrogen-bond acceptors (Lipinski definition) is 4. The first-order valence-corrected chi connectivity index (χ1v) is 6.91. The molecule has 21 heavy (non-hydrogen) atoms. The molecule has 1 N–H and O–H groups in total. The van der Waals surface area contributed by atoms with Gasteiger partial charge in [0.1, 0.15) is 11.5 Å². The molecule has 0 spiro atoms. The number of ether oxygens (including phenoxy) is 2. The third kappa shape index (κ3) is 2.48. The second-order valence-electron chi connectivity index (χ2n) is 5.74. The molecule has 0 bridgehead atoms. The molecule has 1 heterocycles. The van der Waals surface area contributed by atoms with E-state index in [4.69, 9.17) is 9.47 Å². The molecule has 5 nitrogen and oxygen atoms in total. The van der Waals surface area contributed by atoms with Gasteiger partial charge in [0.15, 0.2) is 0 Å². The summed E-state index contributed by atoms with van der Waals surface area (Å²) in [5, 5.41) is 9.33. The SMILES string of the molecule is CC(=O)Oc1c(C)c(C)c2c(c1C)CC[C@](C)(C(=O)O)O2. The minimum absolute atomic E-state index is 0.368. The second-order valence-corrected chi connectivity index (χ2v) is 5.74. The topological polar surface area (TPSA) is 72.8 Å². The summed E-state index contributed by atoms with van der Waals surface area (Å²) in [6.07, 6.45) is 0.970. The predicted molar refractivity (Wildman–Crippen MR) is 77.0 cm³/mol. The fourth-order valence-corrected chi connectivity index (χ4v) is 2.68. The molecule has 0 amide bonds. The lowest BCUT2D eigenvalue weighted by Gasteiger charge is -2.35. The first kappa shape index (κ1) is 15.4. The number of fused-ring (bicyclic) bond motifs is 1. The van der Waals surface area contributed by atoms with Crippen molar-refractivity contribution >= 4 is 11.9 Å². The molecule has 1 aliphatic rings. The minimum Gasteiger partial charge on any atom is -0.478 e. The van der Waals surface area contributed by atoms with Crippen LogP contribution < -0.4 is 9.47 Å². The van der Waals surface area contributed by atoms with Crippen molar-refractivity contribution < 1.29 is 24.2 Å². The number of carboxylic acids is 1. The van der Waals surface area contributed by atoms with Gasteiger partial charge in [-0.15, -0.1) is 0 Å². The van der Waals surface area contributed by atoms with Crippen molar-refractivity contribution in [3.8, 4) is 11.5 Å². The number of hydrogen-bond donors (Lipinski definition) is 1. The Kier molecular flexibility index (Phi) is 3.70. The molecule has 1 aromatic rings. The van der Waals surface area contributed by atoms with E-state index in [9.17, 15) is 14.7 Å². The van der Waals surface area contributed by atoms with Gasteiger partial charge in [-0.25, -0.2) is 4.79 Å². The molecule has 1 aliphatic heterocycles. The number of benzene rings is 1. The maximum atomic E-state index is 11.4. The average molecular weight is 292 g/mol. The van der Waals surface area contributed by atoms with Gasteiger partial charge in [-0.2, -0.15) is 0 Å². The Morgan fingerprint density at radius 1 is 1.19 bits per heavy atom. The maximum Gasteiger partial charge on any atom is 0.347 e. The Morgan fingerprint density at radius 3 is 2.33 bits per heavy atom. The van der Waals surface area contributed by atoms with E-state index in [0.29, 0.717) is 24.3 Å². The molecule has 2 rings (SSSR count). The van der Waals surface area contributed by atoms with E-state index in [-0.39, 0.29) is 5.97 Å². The van der Waals surface area contributed by atoms with Crippen molar-refractivity contribution in [2.24, 2.45) is 0 Å². The number of aliphatic carboxylic acids is 1. The van der Waals surface area contributed by atoms with Crippen LogP contribution in [0.2, 0.25) is 0 Å². The summed E-state index contributed by atoms with van der Waals surface area (Å²) in [6, 6.07) is 0. The van der Waals surface area contributed by atoms with Crippen LogP contribution >= 0.6 is 0 Å². The zero-order valence-corrected chi connectivity index (χ0v) is 13.0. The van der Waals surface area contributed by atoms with Gasteiger partial charge in [0.25, 0.3) is 0 Å². The molecule has 1 aromatic carbocycles. The van der Waals surface area contributed by atoms with E-state index in [1.54, 1.807) is 6.92 Å². The third-order valence-corrected chi connectivity index (χ3v) is 4.19. The van der Waals surface area contributed by atoms with Crippen LogP contribution in [-0.2, 0) is 16.0 Å². The van der Waals surface area contributed by atoms with Gasteiger partial charge in [0.05, 0.1) is 0 Å². The summed E-state index contributed by atoms with van der Waals surface area (Å²) < 4.78 is 11.1. The highest BCUT2D eigenvalue weighted by molar-refractivity contribution is 5.79. The molecule has 0 aliphatic carbocycles. The number of rotatable bonds is 2. The van der Waals surface area contributed by atoms with Gasteiger partial charge in [0.2, 0.25) is 5.60 Å². The van der Waals surface area contributed by atoms with Crippen LogP contribution in [0.1, 0.15) is 42.5 Å². The Labute approximate surface area is 123 Å².